The number of thiophene rings is 1. The number of hydrogen-bond donors (Lipinski definition) is 2. The molecule has 2 aromatic carbocycles. The van der Waals surface area contributed by atoms with Gasteiger partial charge in [-0.2, -0.15) is 8.78 Å². The van der Waals surface area contributed by atoms with E-state index in [0.717, 1.165) is 10.1 Å². The molecule has 31 heavy (non-hydrogen) atoms. The van der Waals surface area contributed by atoms with E-state index in [1.54, 1.807) is 20.0 Å². The number of ether oxygens (including phenoxy) is 1. The van der Waals surface area contributed by atoms with Crippen LogP contribution in [0, 0.1) is 6.92 Å². The fraction of sp³-hybridized carbons (Fsp3) is 0.286. The first-order chi connectivity index (χ1) is 14.8. The molecule has 0 unspecified atom stereocenters. The number of hydrogen-bond acceptors (Lipinski definition) is 6. The van der Waals surface area contributed by atoms with Crippen molar-refractivity contribution < 1.29 is 28.5 Å². The minimum Gasteiger partial charge on any atom is -0.481 e. The van der Waals surface area contributed by atoms with Crippen LogP contribution in [0.15, 0.2) is 29.6 Å². The second-order valence-electron chi connectivity index (χ2n) is 7.21. The van der Waals surface area contributed by atoms with Crippen LogP contribution in [0.1, 0.15) is 34.6 Å². The summed E-state index contributed by atoms with van der Waals surface area (Å²) in [6.45, 7) is -1.51. The second-order valence-corrected chi connectivity index (χ2v) is 8.12. The zero-order valence-electron chi connectivity index (χ0n) is 16.7. The molecule has 7 nitrogen and oxygen atoms in total. The fourth-order valence-electron chi connectivity index (χ4n) is 3.97. The highest BCUT2D eigenvalue weighted by atomic mass is 32.1. The number of carboxylic acid groups (broad SMARTS) is 1. The SMILES string of the molecule is Cc1c([C@@H](CC(=O)O)c2cc(CO)c3sccc3c2)cc(OC(F)F)c2c1nnn2C. The minimum atomic E-state index is -3.06. The van der Waals surface area contributed by atoms with E-state index < -0.39 is 18.5 Å². The van der Waals surface area contributed by atoms with Crippen LogP contribution in [-0.2, 0) is 18.4 Å². The molecule has 4 rings (SSSR count). The maximum atomic E-state index is 13.1. The van der Waals surface area contributed by atoms with Gasteiger partial charge in [-0.1, -0.05) is 11.3 Å². The summed E-state index contributed by atoms with van der Waals surface area (Å²) in [6.07, 6.45) is -0.277. The van der Waals surface area contributed by atoms with E-state index in [4.69, 9.17) is 4.74 Å². The normalized spacial score (nSPS) is 12.7. The molecular weight excluding hydrogens is 428 g/mol. The average molecular weight is 447 g/mol. The number of aliphatic hydroxyl groups is 1. The summed E-state index contributed by atoms with van der Waals surface area (Å²) < 4.78 is 33.2. The van der Waals surface area contributed by atoms with Gasteiger partial charge < -0.3 is 14.9 Å². The van der Waals surface area contributed by atoms with Gasteiger partial charge in [0.25, 0.3) is 0 Å². The Kier molecular flexibility index (Phi) is 5.59. The number of aromatic nitrogens is 3. The first-order valence-corrected chi connectivity index (χ1v) is 10.3. The summed E-state index contributed by atoms with van der Waals surface area (Å²) in [5, 5.41) is 30.2. The highest BCUT2D eigenvalue weighted by Crippen LogP contribution is 2.40. The predicted octanol–water partition coefficient (Wildman–Crippen LogP) is 4.19. The number of aliphatic carboxylic acids is 1. The number of benzene rings is 2. The largest absolute Gasteiger partial charge is 0.481 e. The number of rotatable bonds is 7. The van der Waals surface area contributed by atoms with Crippen molar-refractivity contribution in [3.8, 4) is 5.75 Å². The van der Waals surface area contributed by atoms with Crippen molar-refractivity contribution in [1.29, 1.82) is 0 Å². The molecule has 162 valence electrons. The summed E-state index contributed by atoms with van der Waals surface area (Å²) in [5.74, 6) is -1.83. The summed E-state index contributed by atoms with van der Waals surface area (Å²) in [7, 11) is 1.57. The highest BCUT2D eigenvalue weighted by Gasteiger charge is 2.26. The van der Waals surface area contributed by atoms with Crippen LogP contribution in [0.2, 0.25) is 0 Å². The third-order valence-corrected chi connectivity index (χ3v) is 6.33. The molecule has 0 saturated heterocycles. The summed E-state index contributed by atoms with van der Waals surface area (Å²) >= 11 is 1.49. The Balaban J connectivity index is 1.97. The van der Waals surface area contributed by atoms with Crippen LogP contribution in [0.3, 0.4) is 0 Å². The first-order valence-electron chi connectivity index (χ1n) is 9.40. The molecule has 0 aliphatic carbocycles. The van der Waals surface area contributed by atoms with Gasteiger partial charge in [0.2, 0.25) is 0 Å². The number of fused-ring (bicyclic) bond motifs is 2. The Hall–Kier alpha value is -3.11. The number of nitrogens with zero attached hydrogens (tertiary/aromatic N) is 3. The van der Waals surface area contributed by atoms with Crippen LogP contribution in [0.25, 0.3) is 21.1 Å². The summed E-state index contributed by atoms with van der Waals surface area (Å²) in [6, 6.07) is 6.97. The molecule has 2 aromatic heterocycles. The Bertz CT molecular complexity index is 1280. The molecule has 0 aliphatic rings. The topological polar surface area (TPSA) is 97.5 Å². The second kappa shape index (κ2) is 8.20. The van der Waals surface area contributed by atoms with E-state index in [1.807, 2.05) is 17.5 Å². The molecule has 0 radical (unpaired) electrons. The van der Waals surface area contributed by atoms with E-state index in [2.05, 4.69) is 10.3 Å². The lowest BCUT2D eigenvalue weighted by Crippen LogP contribution is -2.12. The van der Waals surface area contributed by atoms with Crippen LogP contribution < -0.4 is 4.74 Å². The molecule has 1 atom stereocenters. The molecule has 0 spiro atoms. The summed E-state index contributed by atoms with van der Waals surface area (Å²) in [5.41, 5.74) is 3.15. The zero-order valence-corrected chi connectivity index (χ0v) is 17.5. The Morgan fingerprint density at radius 2 is 2.10 bits per heavy atom. The van der Waals surface area contributed by atoms with Crippen LogP contribution in [0.4, 0.5) is 8.78 Å². The molecular formula is C21H19F2N3O4S. The smallest absolute Gasteiger partial charge is 0.387 e. The van der Waals surface area contributed by atoms with Gasteiger partial charge >= 0.3 is 12.6 Å². The van der Waals surface area contributed by atoms with Crippen molar-refractivity contribution >= 4 is 38.4 Å². The van der Waals surface area contributed by atoms with Gasteiger partial charge in [-0.05, 0) is 58.1 Å². The zero-order chi connectivity index (χ0) is 22.3. The van der Waals surface area contributed by atoms with Crippen molar-refractivity contribution in [3.05, 3.63) is 51.9 Å². The highest BCUT2D eigenvalue weighted by molar-refractivity contribution is 7.17. The van der Waals surface area contributed by atoms with Crippen molar-refractivity contribution in [2.45, 2.75) is 32.5 Å². The molecule has 0 bridgehead atoms. The minimum absolute atomic E-state index is 0.118. The lowest BCUT2D eigenvalue weighted by Gasteiger charge is -2.21. The molecule has 0 amide bonds. The van der Waals surface area contributed by atoms with Gasteiger partial charge in [-0.25, -0.2) is 4.68 Å². The summed E-state index contributed by atoms with van der Waals surface area (Å²) in [4.78, 5) is 11.7. The number of aryl methyl sites for hydroxylation is 2. The van der Waals surface area contributed by atoms with E-state index in [9.17, 15) is 23.8 Å². The van der Waals surface area contributed by atoms with Crippen molar-refractivity contribution in [2.24, 2.45) is 7.05 Å². The molecule has 0 saturated carbocycles. The van der Waals surface area contributed by atoms with Crippen LogP contribution in [0.5, 0.6) is 5.75 Å². The van der Waals surface area contributed by atoms with E-state index >= 15 is 0 Å². The van der Waals surface area contributed by atoms with E-state index in [-0.39, 0.29) is 18.8 Å². The standard InChI is InChI=1S/C21H19F2N3O4S/c1-10-14(7-16(30-21(22)23)19-18(10)24-25-26(19)2)15(8-17(28)29)12-5-11-3-4-31-20(11)13(6-12)9-27/h3-7,15,21,27H,8-9H2,1-2H3,(H,28,29)/t15-/m0/s1. The number of halogens is 2. The third-order valence-electron chi connectivity index (χ3n) is 5.33. The number of alkyl halides is 2. The van der Waals surface area contributed by atoms with Gasteiger partial charge in [0.05, 0.1) is 13.0 Å². The third kappa shape index (κ3) is 3.84. The van der Waals surface area contributed by atoms with Gasteiger partial charge in [0.15, 0.2) is 5.75 Å². The molecule has 0 fully saturated rings. The van der Waals surface area contributed by atoms with Gasteiger partial charge in [-0.3, -0.25) is 4.79 Å². The number of carbonyl (C=O) groups is 1. The molecule has 4 aromatic rings. The Morgan fingerprint density at radius 1 is 1.32 bits per heavy atom. The van der Waals surface area contributed by atoms with Crippen molar-refractivity contribution in [3.63, 3.8) is 0 Å². The van der Waals surface area contributed by atoms with Crippen molar-refractivity contribution in [2.75, 3.05) is 0 Å². The van der Waals surface area contributed by atoms with Gasteiger partial charge in [0, 0.05) is 17.7 Å². The molecule has 2 heterocycles. The predicted molar refractivity (Wildman–Crippen MR) is 112 cm³/mol. The first kappa shape index (κ1) is 21.1. The molecule has 2 N–H and O–H groups in total. The molecule has 10 heteroatoms. The maximum absolute atomic E-state index is 13.1. The Morgan fingerprint density at radius 3 is 2.77 bits per heavy atom. The van der Waals surface area contributed by atoms with Crippen LogP contribution >= 0.6 is 11.3 Å². The van der Waals surface area contributed by atoms with Gasteiger partial charge in [-0.15, -0.1) is 16.4 Å². The van der Waals surface area contributed by atoms with E-state index in [0.29, 0.717) is 33.3 Å². The lowest BCUT2D eigenvalue weighted by molar-refractivity contribution is -0.137. The van der Waals surface area contributed by atoms with E-state index in [1.165, 1.54) is 22.1 Å². The maximum Gasteiger partial charge on any atom is 0.387 e. The quantitative estimate of drug-likeness (QED) is 0.441. The average Bonchev–Trinajstić information content (AvgIpc) is 3.34. The molecule has 0 aliphatic heterocycles. The van der Waals surface area contributed by atoms with Gasteiger partial charge in [0.1, 0.15) is 11.0 Å². The fourth-order valence-corrected chi connectivity index (χ4v) is 4.86. The monoisotopic (exact) mass is 447 g/mol. The lowest BCUT2D eigenvalue weighted by atomic mass is 9.84. The number of aliphatic hydroxyl groups excluding tert-OH is 1. The van der Waals surface area contributed by atoms with Crippen molar-refractivity contribution in [1.82, 2.24) is 15.0 Å². The van der Waals surface area contributed by atoms with Crippen LogP contribution in [-0.4, -0.2) is 37.8 Å². The Labute approximate surface area is 179 Å². The number of carboxylic acids is 1.